The van der Waals surface area contributed by atoms with Crippen molar-refractivity contribution in [2.75, 3.05) is 5.32 Å². The Kier molecular flexibility index (Phi) is 5.68. The quantitative estimate of drug-likeness (QED) is 0.854. The SMILES string of the molecule is C[C@@H](Cn1cncn1)NC(=O)c1cnccc1NC(=O)OC(C)(C)C. The zero-order valence-corrected chi connectivity index (χ0v) is 14.7. The summed E-state index contributed by atoms with van der Waals surface area (Å²) in [5, 5.41) is 9.41. The number of carbonyl (C=O) groups is 2. The van der Waals surface area contributed by atoms with Crippen molar-refractivity contribution in [1.29, 1.82) is 0 Å². The highest BCUT2D eigenvalue weighted by molar-refractivity contribution is 6.02. The van der Waals surface area contributed by atoms with E-state index in [1.54, 1.807) is 37.8 Å². The molecule has 2 amide bonds. The van der Waals surface area contributed by atoms with Crippen molar-refractivity contribution in [3.05, 3.63) is 36.7 Å². The van der Waals surface area contributed by atoms with Gasteiger partial charge in [0.1, 0.15) is 18.3 Å². The highest BCUT2D eigenvalue weighted by Gasteiger charge is 2.20. The average Bonchev–Trinajstić information content (AvgIpc) is 2.98. The van der Waals surface area contributed by atoms with E-state index in [1.165, 1.54) is 18.7 Å². The molecule has 2 N–H and O–H groups in total. The number of hydrogen-bond acceptors (Lipinski definition) is 6. The smallest absolute Gasteiger partial charge is 0.412 e. The first kappa shape index (κ1) is 18.4. The van der Waals surface area contributed by atoms with Crippen LogP contribution in [0.4, 0.5) is 10.5 Å². The molecule has 0 saturated carbocycles. The molecule has 2 aromatic heterocycles. The van der Waals surface area contributed by atoms with E-state index in [-0.39, 0.29) is 17.5 Å². The van der Waals surface area contributed by atoms with Gasteiger partial charge < -0.3 is 10.1 Å². The summed E-state index contributed by atoms with van der Waals surface area (Å²) in [4.78, 5) is 32.2. The van der Waals surface area contributed by atoms with E-state index >= 15 is 0 Å². The van der Waals surface area contributed by atoms with Crippen LogP contribution in [0.2, 0.25) is 0 Å². The Balaban J connectivity index is 2.03. The highest BCUT2D eigenvalue weighted by Crippen LogP contribution is 2.16. The fraction of sp³-hybridized carbons (Fsp3) is 0.438. The standard InChI is InChI=1S/C16H22N6O3/c1-11(8-22-10-18-9-19-22)20-14(23)12-7-17-6-5-13(12)21-15(24)25-16(2,3)4/h5-7,9-11H,8H2,1-4H3,(H,20,23)(H,17,21,24)/t11-/m0/s1. The molecule has 2 heterocycles. The van der Waals surface area contributed by atoms with Crippen molar-refractivity contribution in [3.63, 3.8) is 0 Å². The first-order valence-electron chi connectivity index (χ1n) is 7.82. The number of carbonyl (C=O) groups excluding carboxylic acids is 2. The number of pyridine rings is 1. The molecule has 0 bridgehead atoms. The van der Waals surface area contributed by atoms with Crippen molar-refractivity contribution in [1.82, 2.24) is 25.1 Å². The first-order valence-corrected chi connectivity index (χ1v) is 7.82. The summed E-state index contributed by atoms with van der Waals surface area (Å²) in [5.74, 6) is -0.355. The summed E-state index contributed by atoms with van der Waals surface area (Å²) in [6.07, 6.45) is 5.25. The van der Waals surface area contributed by atoms with E-state index in [4.69, 9.17) is 4.74 Å². The van der Waals surface area contributed by atoms with Gasteiger partial charge in [-0.05, 0) is 33.8 Å². The zero-order chi connectivity index (χ0) is 18.4. The van der Waals surface area contributed by atoms with Gasteiger partial charge in [0.2, 0.25) is 0 Å². The molecule has 9 heteroatoms. The summed E-state index contributed by atoms with van der Waals surface area (Å²) in [6.45, 7) is 7.60. The number of amides is 2. The molecule has 2 aromatic rings. The van der Waals surface area contributed by atoms with Gasteiger partial charge >= 0.3 is 6.09 Å². The molecule has 0 unspecified atom stereocenters. The number of anilines is 1. The molecule has 0 radical (unpaired) electrons. The summed E-state index contributed by atoms with van der Waals surface area (Å²) in [5.41, 5.74) is -0.0558. The largest absolute Gasteiger partial charge is 0.444 e. The normalized spacial score (nSPS) is 12.3. The maximum absolute atomic E-state index is 12.5. The number of hydrogen-bond donors (Lipinski definition) is 2. The highest BCUT2D eigenvalue weighted by atomic mass is 16.6. The van der Waals surface area contributed by atoms with Gasteiger partial charge in [0, 0.05) is 18.4 Å². The van der Waals surface area contributed by atoms with Crippen molar-refractivity contribution < 1.29 is 14.3 Å². The van der Waals surface area contributed by atoms with E-state index in [2.05, 4.69) is 25.7 Å². The maximum Gasteiger partial charge on any atom is 0.412 e. The molecule has 0 spiro atoms. The minimum absolute atomic E-state index is 0.191. The maximum atomic E-state index is 12.5. The number of ether oxygens (including phenoxy) is 1. The van der Waals surface area contributed by atoms with Crippen LogP contribution >= 0.6 is 0 Å². The van der Waals surface area contributed by atoms with Crippen LogP contribution in [0.25, 0.3) is 0 Å². The molecule has 2 rings (SSSR count). The number of rotatable bonds is 5. The lowest BCUT2D eigenvalue weighted by Gasteiger charge is -2.20. The molecular formula is C16H22N6O3. The van der Waals surface area contributed by atoms with Crippen LogP contribution in [0, 0.1) is 0 Å². The number of nitrogens with one attached hydrogen (secondary N) is 2. The summed E-state index contributed by atoms with van der Waals surface area (Å²) >= 11 is 0. The van der Waals surface area contributed by atoms with Crippen LogP contribution in [0.3, 0.4) is 0 Å². The second-order valence-corrected chi connectivity index (χ2v) is 6.54. The predicted molar refractivity (Wildman–Crippen MR) is 91.0 cm³/mol. The van der Waals surface area contributed by atoms with Crippen molar-refractivity contribution in [3.8, 4) is 0 Å². The lowest BCUT2D eigenvalue weighted by molar-refractivity contribution is 0.0636. The molecule has 0 aromatic carbocycles. The fourth-order valence-electron chi connectivity index (χ4n) is 2.05. The molecule has 134 valence electrons. The summed E-state index contributed by atoms with van der Waals surface area (Å²) < 4.78 is 6.83. The summed E-state index contributed by atoms with van der Waals surface area (Å²) in [6, 6.07) is 1.35. The second-order valence-electron chi connectivity index (χ2n) is 6.54. The minimum Gasteiger partial charge on any atom is -0.444 e. The Morgan fingerprint density at radius 2 is 2.08 bits per heavy atom. The van der Waals surface area contributed by atoms with Crippen molar-refractivity contribution in [2.45, 2.75) is 45.9 Å². The molecule has 0 aliphatic carbocycles. The lowest BCUT2D eigenvalue weighted by Crippen LogP contribution is -2.36. The number of aromatic nitrogens is 4. The molecule has 25 heavy (non-hydrogen) atoms. The van der Waals surface area contributed by atoms with Crippen LogP contribution in [-0.4, -0.2) is 43.4 Å². The molecule has 0 saturated heterocycles. The van der Waals surface area contributed by atoms with Crippen LogP contribution < -0.4 is 10.6 Å². The lowest BCUT2D eigenvalue weighted by atomic mass is 10.2. The third kappa shape index (κ3) is 5.87. The molecule has 0 fully saturated rings. The molecule has 9 nitrogen and oxygen atoms in total. The van der Waals surface area contributed by atoms with Crippen molar-refractivity contribution >= 4 is 17.7 Å². The minimum atomic E-state index is -0.636. The molecular weight excluding hydrogens is 324 g/mol. The third-order valence-corrected chi connectivity index (χ3v) is 3.01. The van der Waals surface area contributed by atoms with E-state index in [1.807, 2.05) is 6.92 Å². The molecule has 0 aliphatic rings. The Bertz CT molecular complexity index is 724. The van der Waals surface area contributed by atoms with Gasteiger partial charge in [-0.2, -0.15) is 5.10 Å². The van der Waals surface area contributed by atoms with Gasteiger partial charge in [0.25, 0.3) is 5.91 Å². The first-order chi connectivity index (χ1) is 11.7. The Morgan fingerprint density at radius 3 is 2.72 bits per heavy atom. The second kappa shape index (κ2) is 7.73. The van der Waals surface area contributed by atoms with E-state index in [9.17, 15) is 9.59 Å². The van der Waals surface area contributed by atoms with Gasteiger partial charge in [-0.25, -0.2) is 9.78 Å². The summed E-state index contributed by atoms with van der Waals surface area (Å²) in [7, 11) is 0. The topological polar surface area (TPSA) is 111 Å². The van der Waals surface area contributed by atoms with Crippen LogP contribution in [-0.2, 0) is 11.3 Å². The molecule has 0 aliphatic heterocycles. The van der Waals surface area contributed by atoms with E-state index in [0.29, 0.717) is 12.2 Å². The number of nitrogens with zero attached hydrogens (tertiary/aromatic N) is 4. The fourth-order valence-corrected chi connectivity index (χ4v) is 2.05. The zero-order valence-electron chi connectivity index (χ0n) is 14.7. The van der Waals surface area contributed by atoms with Gasteiger partial charge in [0.15, 0.2) is 0 Å². The molecule has 1 atom stereocenters. The predicted octanol–water partition coefficient (Wildman–Crippen LogP) is 1.84. The average molecular weight is 346 g/mol. The van der Waals surface area contributed by atoms with Gasteiger partial charge in [-0.1, -0.05) is 0 Å². The third-order valence-electron chi connectivity index (χ3n) is 3.01. The van der Waals surface area contributed by atoms with Gasteiger partial charge in [-0.3, -0.25) is 19.8 Å². The van der Waals surface area contributed by atoms with E-state index in [0.717, 1.165) is 0 Å². The van der Waals surface area contributed by atoms with Crippen LogP contribution in [0.1, 0.15) is 38.1 Å². The monoisotopic (exact) mass is 346 g/mol. The van der Waals surface area contributed by atoms with Crippen LogP contribution in [0.5, 0.6) is 0 Å². The Labute approximate surface area is 145 Å². The van der Waals surface area contributed by atoms with E-state index < -0.39 is 11.7 Å². The van der Waals surface area contributed by atoms with Crippen LogP contribution in [0.15, 0.2) is 31.1 Å². The van der Waals surface area contributed by atoms with Crippen molar-refractivity contribution in [2.24, 2.45) is 0 Å². The Hall–Kier alpha value is -2.97. The Morgan fingerprint density at radius 1 is 1.32 bits per heavy atom. The van der Waals surface area contributed by atoms with Gasteiger partial charge in [0.05, 0.1) is 17.8 Å². The van der Waals surface area contributed by atoms with Gasteiger partial charge in [-0.15, -0.1) is 0 Å².